The van der Waals surface area contributed by atoms with E-state index in [-0.39, 0.29) is 5.97 Å². The molecule has 0 N–H and O–H groups in total. The summed E-state index contributed by atoms with van der Waals surface area (Å²) in [5.74, 6) is 0.806. The van der Waals surface area contributed by atoms with E-state index >= 15 is 0 Å². The summed E-state index contributed by atoms with van der Waals surface area (Å²) < 4.78 is 9.79. The van der Waals surface area contributed by atoms with Crippen LogP contribution in [-0.4, -0.2) is 20.2 Å². The van der Waals surface area contributed by atoms with Crippen LogP contribution in [0, 0.1) is 0 Å². The smallest absolute Gasteiger partial charge is 0.305 e. The summed E-state index contributed by atoms with van der Waals surface area (Å²) in [6.45, 7) is 0. The number of carbonyl (C=O) groups excluding carboxylic acids is 1. The Morgan fingerprint density at radius 2 is 1.89 bits per heavy atom. The fourth-order valence-electron chi connectivity index (χ4n) is 1.88. The summed E-state index contributed by atoms with van der Waals surface area (Å²) in [5, 5.41) is 0. The van der Waals surface area contributed by atoms with Gasteiger partial charge in [0, 0.05) is 6.42 Å². The lowest BCUT2D eigenvalue weighted by atomic mass is 10.1. The van der Waals surface area contributed by atoms with Crippen molar-refractivity contribution in [2.24, 2.45) is 0 Å². The zero-order chi connectivity index (χ0) is 13.2. The Kier molecular flexibility index (Phi) is 6.92. The van der Waals surface area contributed by atoms with Crippen LogP contribution in [0.25, 0.3) is 0 Å². The lowest BCUT2D eigenvalue weighted by molar-refractivity contribution is -0.140. The molecule has 18 heavy (non-hydrogen) atoms. The van der Waals surface area contributed by atoms with E-state index < -0.39 is 0 Å². The zero-order valence-corrected chi connectivity index (χ0v) is 11.3. The molecule has 0 heterocycles. The molecule has 1 rings (SSSR count). The Bertz CT molecular complexity index is 361. The van der Waals surface area contributed by atoms with E-state index in [2.05, 4.69) is 16.9 Å². The molecule has 0 atom stereocenters. The van der Waals surface area contributed by atoms with Crippen LogP contribution in [0.5, 0.6) is 5.75 Å². The Labute approximate surface area is 109 Å². The molecular formula is C15H22O3. The number of benzene rings is 1. The Morgan fingerprint density at radius 3 is 2.61 bits per heavy atom. The van der Waals surface area contributed by atoms with Crippen LogP contribution in [0.2, 0.25) is 0 Å². The van der Waals surface area contributed by atoms with Crippen LogP contribution in [0.3, 0.4) is 0 Å². The molecule has 0 saturated heterocycles. The van der Waals surface area contributed by atoms with Crippen molar-refractivity contribution < 1.29 is 14.3 Å². The third-order valence-electron chi connectivity index (χ3n) is 2.96. The molecule has 0 aromatic heterocycles. The highest BCUT2D eigenvalue weighted by molar-refractivity contribution is 5.68. The lowest BCUT2D eigenvalue weighted by Gasteiger charge is -2.04. The molecular weight excluding hydrogens is 228 g/mol. The molecule has 0 bridgehead atoms. The van der Waals surface area contributed by atoms with Crippen molar-refractivity contribution >= 4 is 5.97 Å². The molecule has 0 unspecified atom stereocenters. The number of esters is 1. The van der Waals surface area contributed by atoms with E-state index in [0.717, 1.165) is 37.9 Å². The van der Waals surface area contributed by atoms with Crippen LogP contribution in [0.15, 0.2) is 24.3 Å². The van der Waals surface area contributed by atoms with Crippen molar-refractivity contribution in [3.8, 4) is 5.75 Å². The van der Waals surface area contributed by atoms with Gasteiger partial charge < -0.3 is 9.47 Å². The third-order valence-corrected chi connectivity index (χ3v) is 2.96. The molecule has 0 aliphatic heterocycles. The highest BCUT2D eigenvalue weighted by Gasteiger charge is 2.00. The molecule has 100 valence electrons. The fourth-order valence-corrected chi connectivity index (χ4v) is 1.88. The monoisotopic (exact) mass is 250 g/mol. The molecule has 3 nitrogen and oxygen atoms in total. The van der Waals surface area contributed by atoms with Gasteiger partial charge in [-0.15, -0.1) is 0 Å². The Balaban J connectivity index is 2.12. The number of hydrogen-bond donors (Lipinski definition) is 0. The first-order valence-electron chi connectivity index (χ1n) is 6.46. The maximum atomic E-state index is 10.9. The maximum Gasteiger partial charge on any atom is 0.305 e. The molecule has 0 saturated carbocycles. The predicted molar refractivity (Wildman–Crippen MR) is 71.8 cm³/mol. The predicted octanol–water partition coefficient (Wildman–Crippen LogP) is 3.36. The third kappa shape index (κ3) is 5.71. The van der Waals surface area contributed by atoms with E-state index in [1.165, 1.54) is 12.7 Å². The van der Waals surface area contributed by atoms with E-state index in [4.69, 9.17) is 4.74 Å². The zero-order valence-electron chi connectivity index (χ0n) is 11.3. The van der Waals surface area contributed by atoms with Gasteiger partial charge in [0.1, 0.15) is 5.75 Å². The molecule has 1 aromatic carbocycles. The van der Waals surface area contributed by atoms with E-state index in [0.29, 0.717) is 6.42 Å². The maximum absolute atomic E-state index is 10.9. The van der Waals surface area contributed by atoms with Gasteiger partial charge in [0.05, 0.1) is 14.2 Å². The first-order valence-corrected chi connectivity index (χ1v) is 6.46. The number of aryl methyl sites for hydroxylation is 1. The molecule has 1 aromatic rings. The van der Waals surface area contributed by atoms with Crippen LogP contribution in [0.4, 0.5) is 0 Å². The second-order valence-electron chi connectivity index (χ2n) is 4.34. The highest BCUT2D eigenvalue weighted by Crippen LogP contribution is 2.15. The summed E-state index contributed by atoms with van der Waals surface area (Å²) in [5.41, 5.74) is 1.31. The average Bonchev–Trinajstić information content (AvgIpc) is 2.42. The lowest BCUT2D eigenvalue weighted by Crippen LogP contribution is -1.99. The minimum atomic E-state index is -0.109. The van der Waals surface area contributed by atoms with Crippen LogP contribution < -0.4 is 4.74 Å². The van der Waals surface area contributed by atoms with Crippen molar-refractivity contribution in [3.05, 3.63) is 29.8 Å². The largest absolute Gasteiger partial charge is 0.497 e. The van der Waals surface area contributed by atoms with Crippen molar-refractivity contribution in [1.82, 2.24) is 0 Å². The normalized spacial score (nSPS) is 10.1. The Morgan fingerprint density at radius 1 is 1.11 bits per heavy atom. The highest BCUT2D eigenvalue weighted by atomic mass is 16.5. The summed E-state index contributed by atoms with van der Waals surface area (Å²) in [6.07, 6.45) is 5.90. The first-order chi connectivity index (χ1) is 8.76. The van der Waals surface area contributed by atoms with Gasteiger partial charge in [-0.05, 0) is 37.0 Å². The fraction of sp³-hybridized carbons (Fsp3) is 0.533. The molecule has 0 aliphatic carbocycles. The topological polar surface area (TPSA) is 35.5 Å². The van der Waals surface area contributed by atoms with Crippen LogP contribution in [-0.2, 0) is 16.0 Å². The van der Waals surface area contributed by atoms with Crippen molar-refractivity contribution in [3.63, 3.8) is 0 Å². The van der Waals surface area contributed by atoms with E-state index in [1.54, 1.807) is 7.11 Å². The van der Waals surface area contributed by atoms with Gasteiger partial charge in [0.2, 0.25) is 0 Å². The van der Waals surface area contributed by atoms with Gasteiger partial charge in [0.15, 0.2) is 0 Å². The van der Waals surface area contributed by atoms with Gasteiger partial charge in [0.25, 0.3) is 0 Å². The van der Waals surface area contributed by atoms with Crippen molar-refractivity contribution in [1.29, 1.82) is 0 Å². The quantitative estimate of drug-likeness (QED) is 0.524. The minimum absolute atomic E-state index is 0.109. The SMILES string of the molecule is COC(=O)CCCCCCc1cccc(OC)c1. The minimum Gasteiger partial charge on any atom is -0.497 e. The van der Waals surface area contributed by atoms with E-state index in [1.807, 2.05) is 12.1 Å². The average molecular weight is 250 g/mol. The molecule has 0 spiro atoms. The number of ether oxygens (including phenoxy) is 2. The number of unbranched alkanes of at least 4 members (excludes halogenated alkanes) is 3. The van der Waals surface area contributed by atoms with E-state index in [9.17, 15) is 4.79 Å². The van der Waals surface area contributed by atoms with Crippen molar-refractivity contribution in [2.45, 2.75) is 38.5 Å². The molecule has 0 aliphatic rings. The molecule has 3 heteroatoms. The number of rotatable bonds is 8. The van der Waals surface area contributed by atoms with Gasteiger partial charge in [-0.3, -0.25) is 4.79 Å². The molecule has 0 fully saturated rings. The molecule has 0 amide bonds. The van der Waals surface area contributed by atoms with Gasteiger partial charge >= 0.3 is 5.97 Å². The number of hydrogen-bond acceptors (Lipinski definition) is 3. The van der Waals surface area contributed by atoms with Gasteiger partial charge in [-0.2, -0.15) is 0 Å². The van der Waals surface area contributed by atoms with Crippen LogP contribution in [0.1, 0.15) is 37.7 Å². The summed E-state index contributed by atoms with van der Waals surface area (Å²) in [4.78, 5) is 10.9. The van der Waals surface area contributed by atoms with Gasteiger partial charge in [-0.1, -0.05) is 25.0 Å². The number of carbonyl (C=O) groups is 1. The second kappa shape index (κ2) is 8.56. The number of methoxy groups -OCH3 is 2. The molecule has 0 radical (unpaired) electrons. The van der Waals surface area contributed by atoms with Crippen molar-refractivity contribution in [2.75, 3.05) is 14.2 Å². The standard InChI is InChI=1S/C15H22O3/c1-17-14-10-7-9-13(12-14)8-5-3-4-6-11-15(16)18-2/h7,9-10,12H,3-6,8,11H2,1-2H3. The van der Waals surface area contributed by atoms with Crippen LogP contribution >= 0.6 is 0 Å². The summed E-state index contributed by atoms with van der Waals surface area (Å²) in [7, 11) is 3.12. The first kappa shape index (κ1) is 14.6. The Hall–Kier alpha value is -1.51. The van der Waals surface area contributed by atoms with Gasteiger partial charge in [-0.25, -0.2) is 0 Å². The second-order valence-corrected chi connectivity index (χ2v) is 4.34. The summed E-state index contributed by atoms with van der Waals surface area (Å²) >= 11 is 0. The summed E-state index contributed by atoms with van der Waals surface area (Å²) in [6, 6.07) is 8.18.